The number of nitrogens with one attached hydrogen (secondary N) is 1. The van der Waals surface area contributed by atoms with Crippen LogP contribution in [0.4, 0.5) is 0 Å². The summed E-state index contributed by atoms with van der Waals surface area (Å²) < 4.78 is 26.7. The van der Waals surface area contributed by atoms with Gasteiger partial charge in [0.1, 0.15) is 0 Å². The lowest BCUT2D eigenvalue weighted by molar-refractivity contribution is 0.293. The number of nitrogens with two attached hydrogens (primary N) is 1. The molecule has 0 aliphatic rings. The van der Waals surface area contributed by atoms with Gasteiger partial charge in [-0.1, -0.05) is 13.8 Å². The van der Waals surface area contributed by atoms with Gasteiger partial charge in [-0.2, -0.15) is 0 Å². The molecule has 0 saturated carbocycles. The van der Waals surface area contributed by atoms with Gasteiger partial charge in [-0.3, -0.25) is 0 Å². The Morgan fingerprint density at radius 1 is 1.37 bits per heavy atom. The SMILES string of the molecule is CCCN(CC)CCNS(=O)(=O)c1csc(CN)c1. The fraction of sp³-hybridized carbons (Fsp3) is 0.667. The van der Waals surface area contributed by atoms with Crippen molar-refractivity contribution >= 4 is 21.4 Å². The lowest BCUT2D eigenvalue weighted by atomic mass is 10.4. The summed E-state index contributed by atoms with van der Waals surface area (Å²) in [5, 5.41) is 1.63. The summed E-state index contributed by atoms with van der Waals surface area (Å²) in [7, 11) is -3.39. The van der Waals surface area contributed by atoms with E-state index in [1.54, 1.807) is 11.4 Å². The number of sulfonamides is 1. The van der Waals surface area contributed by atoms with Gasteiger partial charge in [0.05, 0.1) is 4.90 Å². The minimum Gasteiger partial charge on any atom is -0.326 e. The molecule has 0 atom stereocenters. The summed E-state index contributed by atoms with van der Waals surface area (Å²) in [5.74, 6) is 0. The standard InChI is InChI=1S/C12H23N3O2S2/c1-3-6-15(4-2)7-5-14-19(16,17)12-8-11(9-13)18-10-12/h8,10,14H,3-7,9,13H2,1-2H3. The highest BCUT2D eigenvalue weighted by Crippen LogP contribution is 2.18. The van der Waals surface area contributed by atoms with Crippen LogP contribution in [-0.2, 0) is 16.6 Å². The summed E-state index contributed by atoms with van der Waals surface area (Å²) in [6.07, 6.45) is 1.07. The molecule has 1 aromatic heterocycles. The average Bonchev–Trinajstić information content (AvgIpc) is 2.87. The van der Waals surface area contributed by atoms with Crippen molar-refractivity contribution in [2.45, 2.75) is 31.7 Å². The van der Waals surface area contributed by atoms with Crippen LogP contribution in [0.1, 0.15) is 25.1 Å². The number of hydrogen-bond donors (Lipinski definition) is 2. The Morgan fingerprint density at radius 3 is 2.63 bits per heavy atom. The van der Waals surface area contributed by atoms with Crippen LogP contribution in [0.3, 0.4) is 0 Å². The quantitative estimate of drug-likeness (QED) is 0.719. The molecule has 1 heterocycles. The van der Waals surface area contributed by atoms with Crippen LogP contribution in [0, 0.1) is 0 Å². The number of hydrogen-bond acceptors (Lipinski definition) is 5. The van der Waals surface area contributed by atoms with E-state index >= 15 is 0 Å². The van der Waals surface area contributed by atoms with Crippen LogP contribution in [0.2, 0.25) is 0 Å². The van der Waals surface area contributed by atoms with Crippen molar-refractivity contribution in [3.8, 4) is 0 Å². The van der Waals surface area contributed by atoms with Gasteiger partial charge in [0, 0.05) is 29.9 Å². The fourth-order valence-electron chi connectivity index (χ4n) is 1.77. The van der Waals surface area contributed by atoms with E-state index < -0.39 is 10.0 Å². The second-order valence-electron chi connectivity index (χ2n) is 4.28. The molecule has 110 valence electrons. The fourth-order valence-corrected chi connectivity index (χ4v) is 3.95. The molecule has 0 radical (unpaired) electrons. The molecule has 7 heteroatoms. The number of likely N-dealkylation sites (N-methyl/N-ethyl adjacent to an activating group) is 1. The zero-order valence-corrected chi connectivity index (χ0v) is 13.2. The molecule has 0 unspecified atom stereocenters. The predicted molar refractivity (Wildman–Crippen MR) is 79.8 cm³/mol. The number of rotatable bonds is 9. The Balaban J connectivity index is 2.51. The third-order valence-electron chi connectivity index (χ3n) is 2.85. The lowest BCUT2D eigenvalue weighted by Crippen LogP contribution is -2.35. The van der Waals surface area contributed by atoms with Crippen molar-refractivity contribution in [1.29, 1.82) is 0 Å². The van der Waals surface area contributed by atoms with E-state index in [-0.39, 0.29) is 0 Å². The van der Waals surface area contributed by atoms with Gasteiger partial charge >= 0.3 is 0 Å². The first-order chi connectivity index (χ1) is 9.03. The Labute approximate surface area is 119 Å². The molecule has 3 N–H and O–H groups in total. The number of thiophene rings is 1. The normalized spacial score (nSPS) is 12.2. The van der Waals surface area contributed by atoms with Crippen LogP contribution < -0.4 is 10.5 Å². The summed E-state index contributed by atoms with van der Waals surface area (Å²) in [6.45, 7) is 7.67. The smallest absolute Gasteiger partial charge is 0.241 e. The van der Waals surface area contributed by atoms with Crippen molar-refractivity contribution in [3.63, 3.8) is 0 Å². The highest BCUT2D eigenvalue weighted by atomic mass is 32.2. The molecule has 19 heavy (non-hydrogen) atoms. The largest absolute Gasteiger partial charge is 0.326 e. The molecular formula is C12H23N3O2S2. The molecule has 0 fully saturated rings. The zero-order chi connectivity index (χ0) is 14.3. The first-order valence-corrected chi connectivity index (χ1v) is 8.89. The van der Waals surface area contributed by atoms with Crippen molar-refractivity contribution in [3.05, 3.63) is 16.3 Å². The minimum atomic E-state index is -3.39. The molecule has 0 saturated heterocycles. The van der Waals surface area contributed by atoms with Crippen molar-refractivity contribution in [2.75, 3.05) is 26.2 Å². The van der Waals surface area contributed by atoms with Crippen LogP contribution in [0.5, 0.6) is 0 Å². The van der Waals surface area contributed by atoms with E-state index in [0.29, 0.717) is 18.0 Å². The van der Waals surface area contributed by atoms with Crippen LogP contribution in [-0.4, -0.2) is 39.5 Å². The Morgan fingerprint density at radius 2 is 2.11 bits per heavy atom. The van der Waals surface area contributed by atoms with Gasteiger partial charge in [-0.25, -0.2) is 13.1 Å². The van der Waals surface area contributed by atoms with Crippen molar-refractivity contribution < 1.29 is 8.42 Å². The first kappa shape index (κ1) is 16.6. The Kier molecular flexibility index (Phi) is 6.95. The molecule has 0 aliphatic heterocycles. The maximum Gasteiger partial charge on any atom is 0.241 e. The van der Waals surface area contributed by atoms with E-state index in [0.717, 1.165) is 30.9 Å². The summed E-state index contributed by atoms with van der Waals surface area (Å²) >= 11 is 1.37. The topological polar surface area (TPSA) is 75.4 Å². The maximum atomic E-state index is 12.0. The molecule has 0 spiro atoms. The molecule has 0 amide bonds. The Hall–Kier alpha value is -0.470. The molecule has 1 rings (SSSR count). The maximum absolute atomic E-state index is 12.0. The van der Waals surface area contributed by atoms with Gasteiger partial charge in [-0.15, -0.1) is 11.3 Å². The molecular weight excluding hydrogens is 282 g/mol. The first-order valence-electron chi connectivity index (χ1n) is 6.53. The molecule has 1 aromatic rings. The minimum absolute atomic E-state index is 0.316. The van der Waals surface area contributed by atoms with Crippen molar-refractivity contribution in [1.82, 2.24) is 9.62 Å². The monoisotopic (exact) mass is 305 g/mol. The third kappa shape index (κ3) is 5.19. The highest BCUT2D eigenvalue weighted by molar-refractivity contribution is 7.89. The molecule has 0 aliphatic carbocycles. The van der Waals surface area contributed by atoms with Crippen LogP contribution in [0.15, 0.2) is 16.3 Å². The average molecular weight is 305 g/mol. The van der Waals surface area contributed by atoms with E-state index in [1.807, 2.05) is 0 Å². The molecule has 0 bridgehead atoms. The lowest BCUT2D eigenvalue weighted by Gasteiger charge is -2.19. The highest BCUT2D eigenvalue weighted by Gasteiger charge is 2.15. The summed E-state index contributed by atoms with van der Waals surface area (Å²) in [6, 6.07) is 1.64. The van der Waals surface area contributed by atoms with Crippen molar-refractivity contribution in [2.24, 2.45) is 5.73 Å². The predicted octanol–water partition coefficient (Wildman–Crippen LogP) is 1.22. The van der Waals surface area contributed by atoms with Gasteiger partial charge in [-0.05, 0) is 25.6 Å². The van der Waals surface area contributed by atoms with Gasteiger partial charge < -0.3 is 10.6 Å². The van der Waals surface area contributed by atoms with Crippen LogP contribution >= 0.6 is 11.3 Å². The second kappa shape index (κ2) is 7.96. The van der Waals surface area contributed by atoms with E-state index in [2.05, 4.69) is 23.5 Å². The van der Waals surface area contributed by atoms with E-state index in [9.17, 15) is 8.42 Å². The van der Waals surface area contributed by atoms with E-state index in [4.69, 9.17) is 5.73 Å². The van der Waals surface area contributed by atoms with Gasteiger partial charge in [0.25, 0.3) is 0 Å². The molecule has 0 aromatic carbocycles. The van der Waals surface area contributed by atoms with Gasteiger partial charge in [0.15, 0.2) is 0 Å². The number of nitrogens with zero attached hydrogens (tertiary/aromatic N) is 1. The second-order valence-corrected chi connectivity index (χ2v) is 7.05. The zero-order valence-electron chi connectivity index (χ0n) is 11.6. The molecule has 5 nitrogen and oxygen atoms in total. The van der Waals surface area contributed by atoms with E-state index in [1.165, 1.54) is 11.3 Å². The van der Waals surface area contributed by atoms with Crippen LogP contribution in [0.25, 0.3) is 0 Å². The van der Waals surface area contributed by atoms with Gasteiger partial charge in [0.2, 0.25) is 10.0 Å². The third-order valence-corrected chi connectivity index (χ3v) is 5.40. The summed E-state index contributed by atoms with van der Waals surface area (Å²) in [4.78, 5) is 3.42. The summed E-state index contributed by atoms with van der Waals surface area (Å²) in [5.41, 5.74) is 5.49. The Bertz CT molecular complexity index is 471.